The molecule has 4 heteroatoms. The number of ether oxygens (including phenoxy) is 3. The van der Waals surface area contributed by atoms with E-state index in [1.807, 2.05) is 43.3 Å². The lowest BCUT2D eigenvalue weighted by atomic mass is 10.0. The van der Waals surface area contributed by atoms with Crippen LogP contribution in [0.15, 0.2) is 36.4 Å². The Morgan fingerprint density at radius 2 is 1.33 bits per heavy atom. The Labute approximate surface area is 130 Å². The van der Waals surface area contributed by atoms with Gasteiger partial charge in [0.2, 0.25) is 5.75 Å². The van der Waals surface area contributed by atoms with Gasteiger partial charge in [-0.1, -0.05) is 29.8 Å². The fourth-order valence-electron chi connectivity index (χ4n) is 2.18. The Morgan fingerprint density at radius 1 is 0.810 bits per heavy atom. The van der Waals surface area contributed by atoms with Crippen LogP contribution in [-0.2, 0) is 0 Å². The first-order valence-electron chi connectivity index (χ1n) is 6.61. The lowest BCUT2D eigenvalue weighted by Crippen LogP contribution is -1.99. The molecule has 1 atom stereocenters. The second-order valence-corrected chi connectivity index (χ2v) is 5.17. The number of hydrogen-bond acceptors (Lipinski definition) is 3. The number of alkyl halides is 1. The van der Waals surface area contributed by atoms with Gasteiger partial charge in [0, 0.05) is 0 Å². The summed E-state index contributed by atoms with van der Waals surface area (Å²) in [5.74, 6) is 1.77. The smallest absolute Gasteiger partial charge is 0.203 e. The first-order valence-corrected chi connectivity index (χ1v) is 7.05. The predicted octanol–water partition coefficient (Wildman–Crippen LogP) is 4.35. The molecule has 0 aliphatic rings. The van der Waals surface area contributed by atoms with Gasteiger partial charge in [-0.05, 0) is 30.2 Å². The van der Waals surface area contributed by atoms with Crippen LogP contribution in [0, 0.1) is 6.92 Å². The van der Waals surface area contributed by atoms with Crippen LogP contribution in [0.25, 0.3) is 0 Å². The van der Waals surface area contributed by atoms with E-state index in [0.29, 0.717) is 17.2 Å². The zero-order valence-electron chi connectivity index (χ0n) is 12.6. The Balaban J connectivity index is 2.45. The van der Waals surface area contributed by atoms with Crippen LogP contribution in [0.5, 0.6) is 17.2 Å². The quantitative estimate of drug-likeness (QED) is 0.769. The highest BCUT2D eigenvalue weighted by Gasteiger charge is 2.18. The van der Waals surface area contributed by atoms with Crippen molar-refractivity contribution in [2.24, 2.45) is 0 Å². The Bertz CT molecular complexity index is 583. The molecule has 2 aromatic carbocycles. The highest BCUT2D eigenvalue weighted by atomic mass is 35.5. The minimum absolute atomic E-state index is 0.278. The standard InChI is InChI=1S/C17H19ClO3/c1-11-5-7-12(8-6-11)16(18)13-9-14(19-2)17(21-4)15(10-13)20-3/h5-10,16H,1-4H3. The minimum atomic E-state index is -0.278. The van der Waals surface area contributed by atoms with Gasteiger partial charge in [-0.2, -0.15) is 0 Å². The van der Waals surface area contributed by atoms with E-state index in [9.17, 15) is 0 Å². The summed E-state index contributed by atoms with van der Waals surface area (Å²) >= 11 is 6.59. The third kappa shape index (κ3) is 3.24. The maximum Gasteiger partial charge on any atom is 0.203 e. The lowest BCUT2D eigenvalue weighted by Gasteiger charge is -2.17. The van der Waals surface area contributed by atoms with Crippen LogP contribution in [0.1, 0.15) is 22.1 Å². The van der Waals surface area contributed by atoms with Gasteiger partial charge in [-0.3, -0.25) is 0 Å². The monoisotopic (exact) mass is 306 g/mol. The van der Waals surface area contributed by atoms with Crippen molar-refractivity contribution in [2.45, 2.75) is 12.3 Å². The summed E-state index contributed by atoms with van der Waals surface area (Å²) in [5, 5.41) is -0.278. The van der Waals surface area contributed by atoms with Crippen molar-refractivity contribution in [2.75, 3.05) is 21.3 Å². The van der Waals surface area contributed by atoms with Gasteiger partial charge < -0.3 is 14.2 Å². The molecular formula is C17H19ClO3. The van der Waals surface area contributed by atoms with Gasteiger partial charge in [0.05, 0.1) is 26.7 Å². The SMILES string of the molecule is COc1cc(C(Cl)c2ccc(C)cc2)cc(OC)c1OC. The maximum absolute atomic E-state index is 6.59. The van der Waals surface area contributed by atoms with Crippen LogP contribution >= 0.6 is 11.6 Å². The number of hydrogen-bond donors (Lipinski definition) is 0. The number of rotatable bonds is 5. The molecule has 0 spiro atoms. The average molecular weight is 307 g/mol. The van der Waals surface area contributed by atoms with Crippen LogP contribution in [0.4, 0.5) is 0 Å². The molecule has 0 bridgehead atoms. The third-order valence-corrected chi connectivity index (χ3v) is 3.85. The molecular weight excluding hydrogens is 288 g/mol. The van der Waals surface area contributed by atoms with Crippen LogP contribution in [0.3, 0.4) is 0 Å². The normalized spacial score (nSPS) is 11.9. The molecule has 2 rings (SSSR count). The number of methoxy groups -OCH3 is 3. The molecule has 0 amide bonds. The second-order valence-electron chi connectivity index (χ2n) is 4.73. The molecule has 3 nitrogen and oxygen atoms in total. The molecule has 0 aliphatic heterocycles. The van der Waals surface area contributed by atoms with Crippen molar-refractivity contribution in [1.29, 1.82) is 0 Å². The molecule has 0 aromatic heterocycles. The zero-order chi connectivity index (χ0) is 15.4. The summed E-state index contributed by atoms with van der Waals surface area (Å²) in [4.78, 5) is 0. The summed E-state index contributed by atoms with van der Waals surface area (Å²) < 4.78 is 16.0. The van der Waals surface area contributed by atoms with E-state index < -0.39 is 0 Å². The van der Waals surface area contributed by atoms with E-state index in [1.54, 1.807) is 21.3 Å². The number of benzene rings is 2. The molecule has 0 aliphatic carbocycles. The molecule has 2 aromatic rings. The first-order chi connectivity index (χ1) is 10.1. The number of aryl methyl sites for hydroxylation is 1. The van der Waals surface area contributed by atoms with Gasteiger partial charge in [-0.25, -0.2) is 0 Å². The molecule has 0 saturated heterocycles. The largest absolute Gasteiger partial charge is 0.493 e. The van der Waals surface area contributed by atoms with E-state index >= 15 is 0 Å². The van der Waals surface area contributed by atoms with E-state index in [-0.39, 0.29) is 5.38 Å². The van der Waals surface area contributed by atoms with Crippen molar-refractivity contribution in [3.63, 3.8) is 0 Å². The Hall–Kier alpha value is -1.87. The molecule has 0 N–H and O–H groups in total. The maximum atomic E-state index is 6.59. The zero-order valence-corrected chi connectivity index (χ0v) is 13.4. The molecule has 1 unspecified atom stereocenters. The van der Waals surface area contributed by atoms with Crippen molar-refractivity contribution < 1.29 is 14.2 Å². The van der Waals surface area contributed by atoms with Gasteiger partial charge >= 0.3 is 0 Å². The van der Waals surface area contributed by atoms with Crippen LogP contribution < -0.4 is 14.2 Å². The summed E-state index contributed by atoms with van der Waals surface area (Å²) in [6.45, 7) is 2.05. The first kappa shape index (κ1) is 15.5. The summed E-state index contributed by atoms with van der Waals surface area (Å²) in [6.07, 6.45) is 0. The average Bonchev–Trinajstić information content (AvgIpc) is 2.53. The van der Waals surface area contributed by atoms with Crippen LogP contribution in [-0.4, -0.2) is 21.3 Å². The Morgan fingerprint density at radius 3 is 1.76 bits per heavy atom. The van der Waals surface area contributed by atoms with Crippen molar-refractivity contribution in [3.8, 4) is 17.2 Å². The van der Waals surface area contributed by atoms with E-state index in [4.69, 9.17) is 25.8 Å². The highest BCUT2D eigenvalue weighted by Crippen LogP contribution is 2.42. The topological polar surface area (TPSA) is 27.7 Å². The summed E-state index contributed by atoms with van der Waals surface area (Å²) in [7, 11) is 4.77. The van der Waals surface area contributed by atoms with Gasteiger partial charge in [0.15, 0.2) is 11.5 Å². The predicted molar refractivity (Wildman–Crippen MR) is 85.0 cm³/mol. The van der Waals surface area contributed by atoms with Gasteiger partial charge in [-0.15, -0.1) is 11.6 Å². The second kappa shape index (κ2) is 6.72. The molecule has 0 fully saturated rings. The molecule has 21 heavy (non-hydrogen) atoms. The molecule has 0 heterocycles. The fourth-order valence-corrected chi connectivity index (χ4v) is 2.45. The third-order valence-electron chi connectivity index (χ3n) is 3.35. The van der Waals surface area contributed by atoms with E-state index in [0.717, 1.165) is 11.1 Å². The van der Waals surface area contributed by atoms with Crippen molar-refractivity contribution in [3.05, 3.63) is 53.1 Å². The van der Waals surface area contributed by atoms with Crippen molar-refractivity contribution >= 4 is 11.6 Å². The van der Waals surface area contributed by atoms with E-state index in [1.165, 1.54) is 5.56 Å². The molecule has 0 saturated carbocycles. The van der Waals surface area contributed by atoms with Gasteiger partial charge in [0.1, 0.15) is 0 Å². The molecule has 0 radical (unpaired) electrons. The lowest BCUT2D eigenvalue weighted by molar-refractivity contribution is 0.324. The van der Waals surface area contributed by atoms with Crippen LogP contribution in [0.2, 0.25) is 0 Å². The van der Waals surface area contributed by atoms with E-state index in [2.05, 4.69) is 0 Å². The molecule has 112 valence electrons. The van der Waals surface area contributed by atoms with Crippen molar-refractivity contribution in [1.82, 2.24) is 0 Å². The number of halogens is 1. The summed E-state index contributed by atoms with van der Waals surface area (Å²) in [6, 6.07) is 11.9. The fraction of sp³-hybridized carbons (Fsp3) is 0.294. The minimum Gasteiger partial charge on any atom is -0.493 e. The van der Waals surface area contributed by atoms with Gasteiger partial charge in [0.25, 0.3) is 0 Å². The summed E-state index contributed by atoms with van der Waals surface area (Å²) in [5.41, 5.74) is 3.12. The highest BCUT2D eigenvalue weighted by molar-refractivity contribution is 6.22. The Kier molecular flexibility index (Phi) is 4.97.